The summed E-state index contributed by atoms with van der Waals surface area (Å²) in [5.41, 5.74) is 27.9. The number of aromatic nitrogens is 11. The van der Waals surface area contributed by atoms with Crippen LogP contribution in [0.2, 0.25) is 0 Å². The number of aliphatic hydroxyl groups excluding tert-OH is 2. The summed E-state index contributed by atoms with van der Waals surface area (Å²) in [4.78, 5) is 165. The molecule has 706 valence electrons. The number of anilines is 5. The van der Waals surface area contributed by atoms with Crippen molar-refractivity contribution in [3.05, 3.63) is 161 Å². The number of fused-ring (bicyclic) bond motifs is 6. The molecule has 6 aromatic heterocycles. The number of nitrogens with two attached hydrogens (primary N) is 3. The predicted molar refractivity (Wildman–Crippen MR) is 490 cm³/mol. The molecule has 4 amide bonds. The lowest BCUT2D eigenvalue weighted by atomic mass is 9.80. The Labute approximate surface area is 770 Å². The Kier molecular flexibility index (Phi) is 30.2. The molecule has 7 aliphatic rings. The summed E-state index contributed by atoms with van der Waals surface area (Å²) in [7, 11) is 3.06. The van der Waals surface area contributed by atoms with Crippen LogP contribution in [0.15, 0.2) is 132 Å². The van der Waals surface area contributed by atoms with Gasteiger partial charge in [-0.3, -0.25) is 28.8 Å². The number of nitrogens with zero attached hydrogens (tertiary/aromatic N) is 17. The fourth-order valence-corrected chi connectivity index (χ4v) is 19.0. The van der Waals surface area contributed by atoms with Crippen LogP contribution in [0.1, 0.15) is 162 Å². The smallest absolute Gasteiger partial charge is 0.407 e. The number of piperidine rings is 1. The minimum absolute atomic E-state index is 0.0120. The van der Waals surface area contributed by atoms with E-state index in [2.05, 4.69) is 62.3 Å². The normalized spacial score (nSPS) is 27.0. The van der Waals surface area contributed by atoms with E-state index in [1.807, 2.05) is 81.8 Å². The first-order valence-corrected chi connectivity index (χ1v) is 45.8. The van der Waals surface area contributed by atoms with Gasteiger partial charge in [0.1, 0.15) is 59.6 Å². The topological polar surface area (TPSA) is 500 Å². The van der Waals surface area contributed by atoms with Gasteiger partial charge in [0.25, 0.3) is 29.5 Å². The molecule has 5 fully saturated rings. The Morgan fingerprint density at radius 2 is 1.35 bits per heavy atom. The molecule has 4 saturated heterocycles. The Balaban J connectivity index is 0.497. The highest BCUT2D eigenvalue weighted by atomic mass is 16.6. The zero-order chi connectivity index (χ0) is 94.1. The largest absolute Gasteiger partial charge is 0.459 e. The summed E-state index contributed by atoms with van der Waals surface area (Å²) >= 11 is 0. The quantitative estimate of drug-likeness (QED) is 0.0286. The predicted octanol–water partition coefficient (Wildman–Crippen LogP) is 7.17. The third-order valence-electron chi connectivity index (χ3n) is 27.0. The van der Waals surface area contributed by atoms with Crippen LogP contribution in [0.25, 0.3) is 33.4 Å². The van der Waals surface area contributed by atoms with Crippen molar-refractivity contribution in [2.75, 3.05) is 106 Å². The number of nitrogens with one attached hydrogen (secondary N) is 1. The van der Waals surface area contributed by atoms with E-state index in [1.165, 1.54) is 26.4 Å². The number of hydrogen-bond donors (Lipinski definition) is 7. The lowest BCUT2D eigenvalue weighted by Crippen LogP contribution is -2.61. The van der Waals surface area contributed by atoms with Gasteiger partial charge in [0.05, 0.1) is 41.4 Å². The Morgan fingerprint density at radius 1 is 0.677 bits per heavy atom. The molecule has 1 aliphatic carbocycles. The highest BCUT2D eigenvalue weighted by molar-refractivity contribution is 6.39. The number of cyclic esters (lactones) is 1. The monoisotopic (exact) mass is 1830 g/mol. The molecule has 133 heavy (non-hydrogen) atoms. The second-order valence-electron chi connectivity index (χ2n) is 36.3. The number of carbonyl (C=O) groups excluding carboxylic acids is 8. The fraction of sp³-hybridized carbons (Fsp3) is 0.516. The van der Waals surface area contributed by atoms with Crippen molar-refractivity contribution in [3.63, 3.8) is 0 Å². The third-order valence-corrected chi connectivity index (χ3v) is 27.0. The number of ketones is 3. The number of nitrogen functional groups attached to an aromatic ring is 2. The average Bonchev–Trinajstić information content (AvgIpc) is 1.75. The van der Waals surface area contributed by atoms with Crippen molar-refractivity contribution in [2.45, 2.75) is 205 Å². The minimum atomic E-state index is -2.52. The van der Waals surface area contributed by atoms with Crippen LogP contribution in [-0.4, -0.2) is 272 Å². The SMILES string of the molecule is CO[C@H]1C[C@@H]2CC[C@@H](C)C(O)(O2)C(=O)C(=O)N2CCCC[C@H]2C(=O)O[C@H]([C@H](N)C[C@@H]2CC[C@@H](OC(=O)NCc3cnc(N4CCN(c5ncc(C(=O)N6CCN(c7ncc(C(=O)N8CCc9cc(Cn%10nc(-c%11ccc%12oc(N)nc%12c%11)c%11c(N)ncnc%11%10)ccc9C8)cn7)CC6)cn5)CC4)nc3)[C@H](OC)C2)CC(=O)[C@H](C)/C=C(\C)[C@@H](O)[C@@H](O)C(=O)[C@H](C)C[C@H](C)/C=C/C=CC=C1C. The maximum absolute atomic E-state index is 14.8. The Bertz CT molecular complexity index is 5680. The fourth-order valence-electron chi connectivity index (χ4n) is 19.0. The molecular weight excluding hydrogens is 1710 g/mol. The summed E-state index contributed by atoms with van der Waals surface area (Å²) in [5.74, 6) is -8.04. The molecule has 1 unspecified atom stereocenters. The number of esters is 1. The number of allylic oxidation sites excluding steroid dienone is 6. The van der Waals surface area contributed by atoms with Gasteiger partial charge in [-0.05, 0) is 142 Å². The summed E-state index contributed by atoms with van der Waals surface area (Å²) in [6.07, 6.45) is 18.0. The number of carbonyl (C=O) groups is 8. The first kappa shape index (κ1) is 95.2. The van der Waals surface area contributed by atoms with Gasteiger partial charge in [0, 0.05) is 178 Å². The maximum Gasteiger partial charge on any atom is 0.407 e. The first-order valence-electron chi connectivity index (χ1n) is 45.8. The number of oxazole rings is 1. The van der Waals surface area contributed by atoms with E-state index in [4.69, 9.17) is 50.4 Å². The number of piperazine rings is 2. The number of methoxy groups -OCH3 is 2. The summed E-state index contributed by atoms with van der Waals surface area (Å²) in [6.45, 7) is 15.6. The van der Waals surface area contributed by atoms with Crippen molar-refractivity contribution in [1.82, 2.24) is 74.7 Å². The number of ether oxygens (including phenoxy) is 5. The molecule has 15 atom stereocenters. The van der Waals surface area contributed by atoms with Gasteiger partial charge in [0.15, 0.2) is 17.0 Å². The lowest BCUT2D eigenvalue weighted by molar-refractivity contribution is -0.265. The van der Waals surface area contributed by atoms with E-state index in [9.17, 15) is 53.7 Å². The molecule has 38 nitrogen and oxygen atoms in total. The van der Waals surface area contributed by atoms with Crippen molar-refractivity contribution in [2.24, 2.45) is 35.3 Å². The second-order valence-corrected chi connectivity index (χ2v) is 36.3. The van der Waals surface area contributed by atoms with Crippen LogP contribution in [0, 0.1) is 29.6 Å². The standard InChI is InChI=1S/C95H119N21O17/c1-54-14-10-9-11-15-55(2)75(128-7)42-68-22-17-59(6)95(127,133-68)83(121)88(124)115-26-13-12-16-71(115)89(125)130-76(43-72(117)56(3)37-58(5)81(119)82(120)80(118)57(4)36-54)69(96)39-60-19-23-74(77(40-60)129-8)132-94(126)105-46-62-44-99-91(100-45-62)112-32-34-113(35-33-112)93-101-47-66(48-102-93)86(122)110-28-30-111(31-29-110)92-103-49-67(50-104-92)87(123)114-27-25-63-38-61(18-20-65(63)52-114)51-116-85-78(84(97)106-53-107-85)79(109-116)64-21-24-73-70(41-64)108-90(98)131-73/h9-11,14-15,18,20-21,24,37-38,41,44-45,47-50,53-54,56-57,59-60,68-69,71,74-77,81-82,119-120,127H,12-13,16-17,19,22-23,25-36,39-40,42-43,46,51-52,96H2,1-8H3,(H2,98,108)(H,105,126)(H2,97,106,107)/b11-9?,14-10+,55-15?,58-37+/t54-,56-,57-,59-,60+,68+,69-,71+,74-,75+,76+,77-,81-,82+,95?/m1/s1. The summed E-state index contributed by atoms with van der Waals surface area (Å²) in [6, 6.07) is 9.53. The molecule has 1 saturated carbocycles. The van der Waals surface area contributed by atoms with Crippen LogP contribution in [0.5, 0.6) is 0 Å². The van der Waals surface area contributed by atoms with Gasteiger partial charge in [-0.25, -0.2) is 54.1 Å². The number of hydrogen-bond acceptors (Lipinski definition) is 33. The summed E-state index contributed by atoms with van der Waals surface area (Å²) < 4.78 is 37.5. The van der Waals surface area contributed by atoms with Crippen LogP contribution >= 0.6 is 0 Å². The van der Waals surface area contributed by atoms with Crippen molar-refractivity contribution < 1.29 is 81.8 Å². The molecule has 2 aromatic carbocycles. The molecule has 8 aromatic rings. The zero-order valence-electron chi connectivity index (χ0n) is 76.3. The van der Waals surface area contributed by atoms with Crippen LogP contribution in [0.4, 0.5) is 34.5 Å². The molecule has 38 heteroatoms. The molecule has 6 aliphatic heterocycles. The van der Waals surface area contributed by atoms with Crippen LogP contribution in [0.3, 0.4) is 0 Å². The van der Waals surface area contributed by atoms with Gasteiger partial charge in [0.2, 0.25) is 23.6 Å². The number of aliphatic hydroxyl groups is 3. The van der Waals surface area contributed by atoms with E-state index in [-0.39, 0.29) is 67.6 Å². The summed E-state index contributed by atoms with van der Waals surface area (Å²) in [5, 5.41) is 43.1. The van der Waals surface area contributed by atoms with Crippen molar-refractivity contribution in [3.8, 4) is 11.3 Å². The molecule has 2 bridgehead atoms. The highest BCUT2D eigenvalue weighted by Gasteiger charge is 2.54. The van der Waals surface area contributed by atoms with E-state index in [1.54, 1.807) is 80.9 Å². The number of amides is 4. The van der Waals surface area contributed by atoms with E-state index < -0.39 is 120 Å². The van der Waals surface area contributed by atoms with E-state index >= 15 is 0 Å². The molecular formula is C95H119N21O17. The van der Waals surface area contributed by atoms with Gasteiger partial charge in [-0.1, -0.05) is 82.4 Å². The molecule has 10 N–H and O–H groups in total. The van der Waals surface area contributed by atoms with E-state index in [0.717, 1.165) is 32.7 Å². The molecule has 12 heterocycles. The minimum Gasteiger partial charge on any atom is -0.459 e. The lowest BCUT2D eigenvalue weighted by Gasteiger charge is -2.42. The highest BCUT2D eigenvalue weighted by Crippen LogP contribution is 2.40. The molecule has 15 rings (SSSR count). The maximum atomic E-state index is 14.8. The van der Waals surface area contributed by atoms with Gasteiger partial charge in [-0.2, -0.15) is 10.1 Å². The average molecular weight is 1830 g/mol. The van der Waals surface area contributed by atoms with Crippen molar-refractivity contribution in [1.29, 1.82) is 0 Å². The number of rotatable bonds is 16. The second kappa shape index (κ2) is 42.2. The first-order chi connectivity index (χ1) is 64.0. The van der Waals surface area contributed by atoms with Gasteiger partial charge in [-0.15, -0.1) is 0 Å². The van der Waals surface area contributed by atoms with Crippen LogP contribution < -0.4 is 37.2 Å². The zero-order valence-corrected chi connectivity index (χ0v) is 76.3. The van der Waals surface area contributed by atoms with Crippen molar-refractivity contribution >= 4 is 98.9 Å². The Morgan fingerprint density at radius 3 is 2.04 bits per heavy atom. The number of benzene rings is 2. The van der Waals surface area contributed by atoms with E-state index in [0.29, 0.717) is 198 Å². The molecule has 0 spiro atoms. The van der Waals surface area contributed by atoms with Crippen LogP contribution in [-0.2, 0) is 73.7 Å². The third kappa shape index (κ3) is 22.1. The van der Waals surface area contributed by atoms with Gasteiger partial charge < -0.3 is 95.3 Å². The number of alkyl carbamates (subject to hydrolysis) is 1. The number of Topliss-reactive ketones (excluding diaryl/α,β-unsaturated/α-hetero) is 3. The Hall–Kier alpha value is -12.5. The molecule has 0 radical (unpaired) electrons. The van der Waals surface area contributed by atoms with Gasteiger partial charge >= 0.3 is 12.1 Å².